The summed E-state index contributed by atoms with van der Waals surface area (Å²) in [7, 11) is 3.56. The SMILES string of the molecule is CO[n+]1nc(N(C)Cc2ccccc2)nc2ccc(-c3cn[nH]c3)cc21. The maximum Gasteiger partial charge on any atom is 0.315 e. The molecule has 0 aliphatic heterocycles. The van der Waals surface area contributed by atoms with Crippen molar-refractivity contribution in [2.75, 3.05) is 19.1 Å². The van der Waals surface area contributed by atoms with Crippen LogP contribution in [0.3, 0.4) is 0 Å². The Labute approximate surface area is 150 Å². The molecule has 0 amide bonds. The molecule has 0 unspecified atom stereocenters. The normalized spacial score (nSPS) is 10.8. The highest BCUT2D eigenvalue weighted by Gasteiger charge is 2.20. The van der Waals surface area contributed by atoms with E-state index in [0.29, 0.717) is 12.5 Å². The van der Waals surface area contributed by atoms with E-state index in [1.54, 1.807) is 13.3 Å². The molecule has 2 heterocycles. The highest BCUT2D eigenvalue weighted by Crippen LogP contribution is 2.21. The van der Waals surface area contributed by atoms with Crippen LogP contribution in [0.15, 0.2) is 60.9 Å². The number of nitrogens with one attached hydrogen (secondary N) is 1. The van der Waals surface area contributed by atoms with Gasteiger partial charge in [0.2, 0.25) is 0 Å². The van der Waals surface area contributed by atoms with Crippen LogP contribution in [0, 0.1) is 0 Å². The zero-order valence-electron chi connectivity index (χ0n) is 14.6. The van der Waals surface area contributed by atoms with E-state index < -0.39 is 0 Å². The van der Waals surface area contributed by atoms with Crippen molar-refractivity contribution in [1.29, 1.82) is 0 Å². The van der Waals surface area contributed by atoms with Crippen LogP contribution >= 0.6 is 0 Å². The summed E-state index contributed by atoms with van der Waals surface area (Å²) in [5.74, 6) is 0.597. The lowest BCUT2D eigenvalue weighted by Gasteiger charge is -2.15. The summed E-state index contributed by atoms with van der Waals surface area (Å²) in [5, 5.41) is 11.3. The molecule has 7 nitrogen and oxygen atoms in total. The Bertz CT molecular complexity index is 1020. The van der Waals surface area contributed by atoms with Crippen LogP contribution in [0.25, 0.3) is 22.2 Å². The number of aromatic nitrogens is 5. The van der Waals surface area contributed by atoms with Crippen LogP contribution in [-0.4, -0.2) is 34.4 Å². The van der Waals surface area contributed by atoms with Gasteiger partial charge in [-0.15, -0.1) is 0 Å². The molecule has 0 atom stereocenters. The first-order chi connectivity index (χ1) is 12.7. The number of anilines is 1. The van der Waals surface area contributed by atoms with Crippen LogP contribution in [0.1, 0.15) is 5.56 Å². The maximum atomic E-state index is 5.46. The van der Waals surface area contributed by atoms with Crippen LogP contribution in [0.4, 0.5) is 5.95 Å². The van der Waals surface area contributed by atoms with Gasteiger partial charge in [0.15, 0.2) is 7.11 Å². The summed E-state index contributed by atoms with van der Waals surface area (Å²) in [5.41, 5.74) is 4.82. The third kappa shape index (κ3) is 3.06. The summed E-state index contributed by atoms with van der Waals surface area (Å²) < 4.78 is 0. The summed E-state index contributed by atoms with van der Waals surface area (Å²) in [6.45, 7) is 0.711. The van der Waals surface area contributed by atoms with Gasteiger partial charge < -0.3 is 4.90 Å². The van der Waals surface area contributed by atoms with Crippen molar-refractivity contribution in [3.05, 3.63) is 66.5 Å². The molecular weight excluding hydrogens is 328 g/mol. The van der Waals surface area contributed by atoms with E-state index in [-0.39, 0.29) is 0 Å². The fourth-order valence-corrected chi connectivity index (χ4v) is 2.85. The average Bonchev–Trinajstić information content (AvgIpc) is 3.22. The standard InChI is InChI=1S/C19H18N6O/c1-24(13-14-6-4-3-5-7-14)19-22-17-9-8-15(16-11-20-21-12-16)10-18(17)25(23-19)26-2/h3-12H,13H2,1-2H3/p+1. The number of nitrogens with zero attached hydrogens (tertiary/aromatic N) is 5. The van der Waals surface area contributed by atoms with Crippen molar-refractivity contribution in [1.82, 2.24) is 20.3 Å². The van der Waals surface area contributed by atoms with Crippen LogP contribution < -0.4 is 14.6 Å². The molecule has 0 bridgehead atoms. The van der Waals surface area contributed by atoms with Crippen molar-refractivity contribution < 1.29 is 9.68 Å². The molecule has 4 rings (SSSR count). The molecule has 0 saturated heterocycles. The molecule has 130 valence electrons. The average molecular weight is 347 g/mol. The largest absolute Gasteiger partial charge is 0.335 e. The fraction of sp³-hybridized carbons (Fsp3) is 0.158. The lowest BCUT2D eigenvalue weighted by atomic mass is 10.1. The Morgan fingerprint density at radius 1 is 1.12 bits per heavy atom. The molecule has 0 aliphatic rings. The second-order valence-electron chi connectivity index (χ2n) is 6.00. The first kappa shape index (κ1) is 16.0. The van der Waals surface area contributed by atoms with Crippen molar-refractivity contribution in [2.24, 2.45) is 0 Å². The minimum atomic E-state index is 0.597. The summed E-state index contributed by atoms with van der Waals surface area (Å²) >= 11 is 0. The molecule has 0 spiro atoms. The predicted octanol–water partition coefficient (Wildman–Crippen LogP) is 2.00. The first-order valence-electron chi connectivity index (χ1n) is 8.27. The maximum absolute atomic E-state index is 5.46. The molecule has 2 aromatic heterocycles. The van der Waals surface area contributed by atoms with Crippen molar-refractivity contribution >= 4 is 17.0 Å². The Morgan fingerprint density at radius 2 is 1.96 bits per heavy atom. The highest BCUT2D eigenvalue weighted by atomic mass is 16.7. The Kier molecular flexibility index (Phi) is 4.18. The number of fused-ring (bicyclic) bond motifs is 1. The van der Waals surface area contributed by atoms with Crippen LogP contribution in [0.2, 0.25) is 0 Å². The van der Waals surface area contributed by atoms with E-state index in [1.807, 2.05) is 54.5 Å². The van der Waals surface area contributed by atoms with Gasteiger partial charge >= 0.3 is 5.52 Å². The van der Waals surface area contributed by atoms with Crippen molar-refractivity contribution in [3.63, 3.8) is 0 Å². The number of H-pyrrole nitrogens is 1. The lowest BCUT2D eigenvalue weighted by Crippen LogP contribution is -2.46. The van der Waals surface area contributed by atoms with Gasteiger partial charge in [-0.05, 0) is 17.2 Å². The fourth-order valence-electron chi connectivity index (χ4n) is 2.85. The smallest absolute Gasteiger partial charge is 0.315 e. The zero-order valence-corrected chi connectivity index (χ0v) is 14.6. The number of hydrogen-bond acceptors (Lipinski definition) is 5. The second kappa shape index (κ2) is 6.79. The molecule has 0 aliphatic carbocycles. The van der Waals surface area contributed by atoms with Gasteiger partial charge in [-0.2, -0.15) is 5.10 Å². The van der Waals surface area contributed by atoms with E-state index in [9.17, 15) is 0 Å². The molecule has 7 heteroatoms. The minimum absolute atomic E-state index is 0.597. The van der Waals surface area contributed by atoms with Crippen LogP contribution in [-0.2, 0) is 6.54 Å². The summed E-state index contributed by atoms with van der Waals surface area (Å²) in [6, 6.07) is 16.2. The first-order valence-corrected chi connectivity index (χ1v) is 8.27. The van der Waals surface area contributed by atoms with E-state index in [2.05, 4.69) is 27.4 Å². The molecular formula is C19H19N6O+. The third-order valence-electron chi connectivity index (χ3n) is 4.19. The van der Waals surface area contributed by atoms with Crippen molar-refractivity contribution in [2.45, 2.75) is 6.54 Å². The second-order valence-corrected chi connectivity index (χ2v) is 6.00. The van der Waals surface area contributed by atoms with E-state index >= 15 is 0 Å². The molecule has 2 aromatic carbocycles. The summed E-state index contributed by atoms with van der Waals surface area (Å²) in [6.07, 6.45) is 3.63. The molecule has 0 saturated carbocycles. The predicted molar refractivity (Wildman–Crippen MR) is 98.4 cm³/mol. The monoisotopic (exact) mass is 347 g/mol. The van der Waals surface area contributed by atoms with Gasteiger partial charge in [0, 0.05) is 31.4 Å². The molecule has 0 radical (unpaired) electrons. The molecule has 1 N–H and O–H groups in total. The highest BCUT2D eigenvalue weighted by molar-refractivity contribution is 5.79. The number of hydrogen-bond donors (Lipinski definition) is 1. The van der Waals surface area contributed by atoms with E-state index in [1.165, 1.54) is 10.4 Å². The van der Waals surface area contributed by atoms with Gasteiger partial charge in [-0.1, -0.05) is 36.4 Å². The van der Waals surface area contributed by atoms with Crippen molar-refractivity contribution in [3.8, 4) is 11.1 Å². The van der Waals surface area contributed by atoms with Gasteiger partial charge in [0.25, 0.3) is 5.95 Å². The third-order valence-corrected chi connectivity index (χ3v) is 4.19. The molecule has 0 fully saturated rings. The number of aromatic amines is 1. The number of rotatable bonds is 5. The summed E-state index contributed by atoms with van der Waals surface area (Å²) in [4.78, 5) is 13.6. The minimum Gasteiger partial charge on any atom is -0.335 e. The van der Waals surface area contributed by atoms with Gasteiger partial charge in [0.05, 0.1) is 11.3 Å². The Morgan fingerprint density at radius 3 is 2.69 bits per heavy atom. The topological polar surface area (TPSA) is 70.8 Å². The Balaban J connectivity index is 1.72. The zero-order chi connectivity index (χ0) is 17.9. The van der Waals surface area contributed by atoms with Gasteiger partial charge in [-0.25, -0.2) is 9.82 Å². The Hall–Kier alpha value is -3.48. The number of benzene rings is 2. The molecule has 4 aromatic rings. The lowest BCUT2D eigenvalue weighted by molar-refractivity contribution is -0.909. The van der Waals surface area contributed by atoms with E-state index in [4.69, 9.17) is 9.82 Å². The quantitative estimate of drug-likeness (QED) is 0.559. The molecule has 26 heavy (non-hydrogen) atoms. The van der Waals surface area contributed by atoms with Gasteiger partial charge in [0.1, 0.15) is 10.4 Å². The van der Waals surface area contributed by atoms with Gasteiger partial charge in [-0.3, -0.25) is 5.10 Å². The van der Waals surface area contributed by atoms with E-state index in [0.717, 1.165) is 22.2 Å². The van der Waals surface area contributed by atoms with Crippen LogP contribution in [0.5, 0.6) is 0 Å².